The highest BCUT2D eigenvalue weighted by atomic mass is 35.5. The number of halogens is 5. The minimum atomic E-state index is -4.35. The van der Waals surface area contributed by atoms with Crippen LogP contribution in [0.4, 0.5) is 13.2 Å². The second-order valence-electron chi connectivity index (χ2n) is 4.86. The number of likely N-dealkylation sites (N-methyl/N-ethyl adjacent to an activating group) is 1. The molecule has 0 saturated carbocycles. The van der Waals surface area contributed by atoms with E-state index < -0.39 is 11.7 Å². The van der Waals surface area contributed by atoms with Crippen molar-refractivity contribution >= 4 is 24.0 Å². The standard InChI is InChI=1S/C13H16ClF3N2.ClH/c1-18-12-2-3-19(8-12)7-9-4-10(13(15,16)17)6-11(14)5-9;/h4-6,12,18H,2-3,7-8H2,1H3;1H. The molecule has 1 fully saturated rings. The first kappa shape index (κ1) is 17.6. The molecule has 1 aromatic rings. The Morgan fingerprint density at radius 3 is 2.60 bits per heavy atom. The average Bonchev–Trinajstić information content (AvgIpc) is 2.75. The molecule has 0 amide bonds. The Morgan fingerprint density at radius 2 is 2.05 bits per heavy atom. The number of likely N-dealkylation sites (tertiary alicyclic amines) is 1. The van der Waals surface area contributed by atoms with Crippen molar-refractivity contribution in [3.8, 4) is 0 Å². The molecule has 2 rings (SSSR count). The second kappa shape index (κ2) is 6.98. The smallest absolute Gasteiger partial charge is 0.316 e. The zero-order valence-electron chi connectivity index (χ0n) is 11.0. The normalized spacial score (nSPS) is 19.9. The van der Waals surface area contributed by atoms with Crippen molar-refractivity contribution in [2.24, 2.45) is 0 Å². The van der Waals surface area contributed by atoms with Crippen LogP contribution >= 0.6 is 24.0 Å². The first-order valence-corrected chi connectivity index (χ1v) is 6.52. The predicted molar refractivity (Wildman–Crippen MR) is 76.4 cm³/mol. The summed E-state index contributed by atoms with van der Waals surface area (Å²) in [6, 6.07) is 4.16. The molecule has 1 N–H and O–H groups in total. The first-order chi connectivity index (χ1) is 8.88. The van der Waals surface area contributed by atoms with Crippen molar-refractivity contribution in [3.05, 3.63) is 34.3 Å². The van der Waals surface area contributed by atoms with Crippen molar-refractivity contribution in [2.75, 3.05) is 20.1 Å². The van der Waals surface area contributed by atoms with E-state index in [4.69, 9.17) is 11.6 Å². The van der Waals surface area contributed by atoms with Gasteiger partial charge in [-0.15, -0.1) is 12.4 Å². The van der Waals surface area contributed by atoms with Crippen molar-refractivity contribution in [2.45, 2.75) is 25.2 Å². The van der Waals surface area contributed by atoms with Gasteiger partial charge in [0.2, 0.25) is 0 Å². The molecule has 1 saturated heterocycles. The van der Waals surface area contributed by atoms with Crippen molar-refractivity contribution in [1.29, 1.82) is 0 Å². The van der Waals surface area contributed by atoms with Crippen LogP contribution in [-0.2, 0) is 12.7 Å². The van der Waals surface area contributed by atoms with Gasteiger partial charge in [-0.3, -0.25) is 4.90 Å². The molecule has 1 heterocycles. The summed E-state index contributed by atoms with van der Waals surface area (Å²) in [5, 5.41) is 3.31. The van der Waals surface area contributed by atoms with E-state index in [-0.39, 0.29) is 17.4 Å². The topological polar surface area (TPSA) is 15.3 Å². The fourth-order valence-electron chi connectivity index (χ4n) is 2.38. The lowest BCUT2D eigenvalue weighted by molar-refractivity contribution is -0.137. The maximum absolute atomic E-state index is 12.7. The maximum atomic E-state index is 12.7. The van der Waals surface area contributed by atoms with Crippen LogP contribution in [0.25, 0.3) is 0 Å². The molecule has 1 aliphatic heterocycles. The Morgan fingerprint density at radius 1 is 1.35 bits per heavy atom. The summed E-state index contributed by atoms with van der Waals surface area (Å²) >= 11 is 5.77. The molecular formula is C13H17Cl2F3N2. The molecule has 0 aliphatic carbocycles. The van der Waals surface area contributed by atoms with Crippen molar-refractivity contribution < 1.29 is 13.2 Å². The molecule has 114 valence electrons. The van der Waals surface area contributed by atoms with Crippen LogP contribution in [0.3, 0.4) is 0 Å². The molecule has 0 radical (unpaired) electrons. The lowest BCUT2D eigenvalue weighted by atomic mass is 10.1. The number of hydrogen-bond donors (Lipinski definition) is 1. The molecule has 20 heavy (non-hydrogen) atoms. The zero-order chi connectivity index (χ0) is 14.0. The number of nitrogens with one attached hydrogen (secondary N) is 1. The number of alkyl halides is 3. The summed E-state index contributed by atoms with van der Waals surface area (Å²) in [4.78, 5) is 2.13. The number of hydrogen-bond acceptors (Lipinski definition) is 2. The SMILES string of the molecule is CNC1CCN(Cc2cc(Cl)cc(C(F)(F)F)c2)C1.Cl. The third kappa shape index (κ3) is 4.52. The van der Waals surface area contributed by atoms with E-state index in [0.717, 1.165) is 25.6 Å². The molecule has 1 aliphatic rings. The summed E-state index contributed by atoms with van der Waals surface area (Å²) in [5.41, 5.74) is -0.0732. The molecular weight excluding hydrogens is 312 g/mol. The maximum Gasteiger partial charge on any atom is 0.416 e. The monoisotopic (exact) mass is 328 g/mol. The van der Waals surface area contributed by atoms with Gasteiger partial charge in [-0.05, 0) is 37.2 Å². The highest BCUT2D eigenvalue weighted by Crippen LogP contribution is 2.32. The Labute approximate surface area is 127 Å². The van der Waals surface area contributed by atoms with E-state index in [9.17, 15) is 13.2 Å². The Hall–Kier alpha value is -0.490. The third-order valence-corrected chi connectivity index (χ3v) is 3.59. The van der Waals surface area contributed by atoms with Gasteiger partial charge < -0.3 is 5.32 Å². The van der Waals surface area contributed by atoms with Crippen molar-refractivity contribution in [3.63, 3.8) is 0 Å². The van der Waals surface area contributed by atoms with Gasteiger partial charge in [0.1, 0.15) is 0 Å². The van der Waals surface area contributed by atoms with Gasteiger partial charge in [0, 0.05) is 30.7 Å². The quantitative estimate of drug-likeness (QED) is 0.912. The molecule has 1 atom stereocenters. The lowest BCUT2D eigenvalue weighted by Crippen LogP contribution is -2.29. The minimum absolute atomic E-state index is 0. The van der Waals surface area contributed by atoms with Gasteiger partial charge in [0.05, 0.1) is 5.56 Å². The fraction of sp³-hybridized carbons (Fsp3) is 0.538. The molecule has 1 unspecified atom stereocenters. The molecule has 1 aromatic carbocycles. The van der Waals surface area contributed by atoms with Crippen LogP contribution in [0.2, 0.25) is 5.02 Å². The Bertz CT molecular complexity index is 452. The second-order valence-corrected chi connectivity index (χ2v) is 5.29. The average molecular weight is 329 g/mol. The number of rotatable bonds is 3. The van der Waals surface area contributed by atoms with E-state index in [1.54, 1.807) is 6.07 Å². The Kier molecular flexibility index (Phi) is 6.13. The molecule has 0 spiro atoms. The van der Waals surface area contributed by atoms with Gasteiger partial charge >= 0.3 is 6.18 Å². The minimum Gasteiger partial charge on any atom is -0.316 e. The van der Waals surface area contributed by atoms with Crippen LogP contribution in [0.1, 0.15) is 17.5 Å². The summed E-state index contributed by atoms with van der Waals surface area (Å²) in [5.74, 6) is 0. The van der Waals surface area contributed by atoms with Gasteiger partial charge in [0.15, 0.2) is 0 Å². The third-order valence-electron chi connectivity index (χ3n) is 3.37. The summed E-state index contributed by atoms with van der Waals surface area (Å²) in [6.45, 7) is 2.24. The highest BCUT2D eigenvalue weighted by molar-refractivity contribution is 6.30. The largest absolute Gasteiger partial charge is 0.416 e. The van der Waals surface area contributed by atoms with E-state index in [1.165, 1.54) is 6.07 Å². The van der Waals surface area contributed by atoms with E-state index >= 15 is 0 Å². The van der Waals surface area contributed by atoms with Gasteiger partial charge in [0.25, 0.3) is 0 Å². The summed E-state index contributed by atoms with van der Waals surface area (Å²) in [7, 11) is 1.90. The molecule has 0 bridgehead atoms. The van der Waals surface area contributed by atoms with Crippen LogP contribution in [0.15, 0.2) is 18.2 Å². The summed E-state index contributed by atoms with van der Waals surface area (Å²) in [6.07, 6.45) is -3.33. The van der Waals surface area contributed by atoms with E-state index in [1.807, 2.05) is 7.05 Å². The van der Waals surface area contributed by atoms with Gasteiger partial charge in [-0.25, -0.2) is 0 Å². The fourth-order valence-corrected chi connectivity index (χ4v) is 2.63. The predicted octanol–water partition coefficient (Wildman–Crippen LogP) is 3.57. The van der Waals surface area contributed by atoms with Crippen LogP contribution in [-0.4, -0.2) is 31.1 Å². The number of nitrogens with zero attached hydrogens (tertiary/aromatic N) is 1. The van der Waals surface area contributed by atoms with E-state index in [0.29, 0.717) is 18.2 Å². The van der Waals surface area contributed by atoms with Crippen LogP contribution in [0, 0.1) is 0 Å². The highest BCUT2D eigenvalue weighted by Gasteiger charge is 2.31. The first-order valence-electron chi connectivity index (χ1n) is 6.15. The van der Waals surface area contributed by atoms with E-state index in [2.05, 4.69) is 10.2 Å². The van der Waals surface area contributed by atoms with Crippen LogP contribution in [0.5, 0.6) is 0 Å². The summed E-state index contributed by atoms with van der Waals surface area (Å²) < 4.78 is 38.1. The van der Waals surface area contributed by atoms with Gasteiger partial charge in [-0.1, -0.05) is 11.6 Å². The van der Waals surface area contributed by atoms with Gasteiger partial charge in [-0.2, -0.15) is 13.2 Å². The number of benzene rings is 1. The van der Waals surface area contributed by atoms with Crippen molar-refractivity contribution in [1.82, 2.24) is 10.2 Å². The molecule has 7 heteroatoms. The molecule has 2 nitrogen and oxygen atoms in total. The van der Waals surface area contributed by atoms with Crippen LogP contribution < -0.4 is 5.32 Å². The lowest BCUT2D eigenvalue weighted by Gasteiger charge is -2.17. The zero-order valence-corrected chi connectivity index (χ0v) is 12.6. The molecule has 0 aromatic heterocycles. The Balaban J connectivity index is 0.00000200.